The van der Waals surface area contributed by atoms with Gasteiger partial charge in [-0.2, -0.15) is 9.40 Å². The molecule has 1 aromatic heterocycles. The summed E-state index contributed by atoms with van der Waals surface area (Å²) in [6.07, 6.45) is 0.132. The fraction of sp³-hybridized carbons (Fsp3) is 0.200. The molecule has 3 aromatic carbocycles. The molecule has 0 bridgehead atoms. The van der Waals surface area contributed by atoms with Gasteiger partial charge in [-0.1, -0.05) is 48.0 Å². The summed E-state index contributed by atoms with van der Waals surface area (Å²) in [6.45, 7) is 0.983. The maximum atomic E-state index is 13.8. The smallest absolute Gasteiger partial charge is 0.272 e. The number of aryl methyl sites for hydroxylation is 1. The summed E-state index contributed by atoms with van der Waals surface area (Å²) in [5, 5.41) is 7.22. The van der Waals surface area contributed by atoms with Gasteiger partial charge in [0.15, 0.2) is 5.82 Å². The maximum Gasteiger partial charge on any atom is 0.272 e. The monoisotopic (exact) mass is 496 g/mol. The first-order chi connectivity index (χ1) is 16.8. The number of carbonyl (C=O) groups excluding carboxylic acids is 1. The molecule has 0 saturated heterocycles. The Kier molecular flexibility index (Phi) is 7.13. The lowest BCUT2D eigenvalue weighted by molar-refractivity contribution is -0.118. The van der Waals surface area contributed by atoms with Crippen LogP contribution in [0.2, 0.25) is 0 Å². The molecule has 182 valence electrons. The number of alkyl halides is 1. The van der Waals surface area contributed by atoms with Crippen molar-refractivity contribution in [1.29, 1.82) is 0 Å². The van der Waals surface area contributed by atoms with E-state index in [1.807, 2.05) is 37.3 Å². The highest BCUT2D eigenvalue weighted by molar-refractivity contribution is 7.93. The molecule has 8 nitrogen and oxygen atoms in total. The van der Waals surface area contributed by atoms with Crippen LogP contribution in [-0.2, 0) is 21.2 Å². The van der Waals surface area contributed by atoms with Gasteiger partial charge < -0.3 is 10.5 Å². The predicted molar refractivity (Wildman–Crippen MR) is 132 cm³/mol. The van der Waals surface area contributed by atoms with Gasteiger partial charge in [0.2, 0.25) is 0 Å². The number of hydrogen-bond donors (Lipinski definition) is 2. The number of fused-ring (bicyclic) bond motifs is 1. The van der Waals surface area contributed by atoms with Crippen molar-refractivity contribution in [2.24, 2.45) is 5.73 Å². The second-order valence-corrected chi connectivity index (χ2v) is 9.80. The van der Waals surface area contributed by atoms with Crippen molar-refractivity contribution in [3.8, 4) is 5.75 Å². The zero-order valence-electron chi connectivity index (χ0n) is 19.0. The minimum atomic E-state index is -4.38. The fourth-order valence-electron chi connectivity index (χ4n) is 3.64. The van der Waals surface area contributed by atoms with E-state index in [4.69, 9.17) is 10.5 Å². The van der Waals surface area contributed by atoms with E-state index in [-0.39, 0.29) is 23.7 Å². The molecule has 3 N–H and O–H groups in total. The molecule has 4 aromatic rings. The molecule has 0 fully saturated rings. The van der Waals surface area contributed by atoms with Crippen molar-refractivity contribution in [3.63, 3.8) is 0 Å². The van der Waals surface area contributed by atoms with Crippen molar-refractivity contribution < 1.29 is 22.3 Å². The van der Waals surface area contributed by atoms with Crippen molar-refractivity contribution in [1.82, 2.24) is 10.2 Å². The number of rotatable bonds is 9. The van der Waals surface area contributed by atoms with Crippen LogP contribution in [0.3, 0.4) is 0 Å². The standard InChI is InChI=1S/C25H25FN4O4S/c1-17-7-10-20(11-8-17)35(32,33)30(25(31)22(27)15-18-5-3-2-4-6-18)24-21-16-19(34-14-13-26)9-12-23(21)28-29-24/h2-12,16,22H,13-15,27H2,1H3,(H,28,29)/t22-/m0/s1. The molecule has 0 unspecified atom stereocenters. The zero-order chi connectivity index (χ0) is 25.0. The first-order valence-electron chi connectivity index (χ1n) is 10.9. The highest BCUT2D eigenvalue weighted by Gasteiger charge is 2.37. The molecule has 1 atom stereocenters. The second-order valence-electron chi connectivity index (χ2n) is 8.01. The molecular weight excluding hydrogens is 471 g/mol. The number of anilines is 1. The Bertz CT molecular complexity index is 1420. The van der Waals surface area contributed by atoms with E-state index in [2.05, 4.69) is 10.2 Å². The number of nitrogens with zero attached hydrogens (tertiary/aromatic N) is 2. The van der Waals surface area contributed by atoms with E-state index in [1.54, 1.807) is 24.3 Å². The summed E-state index contributed by atoms with van der Waals surface area (Å²) in [5.41, 5.74) is 8.36. The minimum absolute atomic E-state index is 0.0793. The molecule has 10 heteroatoms. The molecule has 35 heavy (non-hydrogen) atoms. The van der Waals surface area contributed by atoms with E-state index in [9.17, 15) is 17.6 Å². The molecular formula is C25H25FN4O4S. The summed E-state index contributed by atoms with van der Waals surface area (Å²) in [4.78, 5) is 13.5. The molecule has 1 heterocycles. The fourth-order valence-corrected chi connectivity index (χ4v) is 5.07. The highest BCUT2D eigenvalue weighted by Crippen LogP contribution is 2.32. The first kappa shape index (κ1) is 24.4. The quantitative estimate of drug-likeness (QED) is 0.366. The lowest BCUT2D eigenvalue weighted by atomic mass is 10.1. The third-order valence-electron chi connectivity index (χ3n) is 5.43. The number of halogens is 1. The third kappa shape index (κ3) is 5.18. The molecule has 0 saturated carbocycles. The van der Waals surface area contributed by atoms with Crippen LogP contribution in [0.15, 0.2) is 77.7 Å². The van der Waals surface area contributed by atoms with Crippen LogP contribution in [0.25, 0.3) is 10.9 Å². The van der Waals surface area contributed by atoms with E-state index in [0.717, 1.165) is 11.1 Å². The first-order valence-corrected chi connectivity index (χ1v) is 12.4. The summed E-state index contributed by atoms with van der Waals surface area (Å²) >= 11 is 0. The van der Waals surface area contributed by atoms with E-state index < -0.39 is 28.6 Å². The van der Waals surface area contributed by atoms with Gasteiger partial charge in [-0.25, -0.2) is 12.8 Å². The van der Waals surface area contributed by atoms with Gasteiger partial charge in [-0.3, -0.25) is 9.89 Å². The molecule has 0 radical (unpaired) electrons. The molecule has 0 aliphatic carbocycles. The Morgan fingerprint density at radius 1 is 1.11 bits per heavy atom. The Hall–Kier alpha value is -3.76. The van der Waals surface area contributed by atoms with Crippen LogP contribution < -0.4 is 14.8 Å². The molecule has 4 rings (SSSR count). The Morgan fingerprint density at radius 3 is 2.51 bits per heavy atom. The highest BCUT2D eigenvalue weighted by atomic mass is 32.2. The van der Waals surface area contributed by atoms with E-state index in [1.165, 1.54) is 18.2 Å². The van der Waals surface area contributed by atoms with Crippen LogP contribution in [0.5, 0.6) is 5.75 Å². The van der Waals surface area contributed by atoms with Gasteiger partial charge in [0, 0.05) is 5.39 Å². The lowest BCUT2D eigenvalue weighted by Gasteiger charge is -2.24. The van der Waals surface area contributed by atoms with Gasteiger partial charge in [-0.15, -0.1) is 0 Å². The number of benzene rings is 3. The number of ether oxygens (including phenoxy) is 1. The summed E-state index contributed by atoms with van der Waals surface area (Å²) in [5.74, 6) is -0.663. The van der Waals surface area contributed by atoms with Gasteiger partial charge >= 0.3 is 0 Å². The topological polar surface area (TPSA) is 118 Å². The van der Waals surface area contributed by atoms with Crippen LogP contribution >= 0.6 is 0 Å². The molecule has 1 amide bonds. The van der Waals surface area contributed by atoms with Crippen molar-refractivity contribution >= 4 is 32.7 Å². The normalized spacial score (nSPS) is 12.4. The number of H-pyrrole nitrogens is 1. The Balaban J connectivity index is 1.81. The number of aromatic nitrogens is 2. The summed E-state index contributed by atoms with van der Waals surface area (Å²) in [6, 6.07) is 18.8. The van der Waals surface area contributed by atoms with Crippen LogP contribution in [0.1, 0.15) is 11.1 Å². The number of aromatic amines is 1. The van der Waals surface area contributed by atoms with Crippen molar-refractivity contribution in [3.05, 3.63) is 83.9 Å². The average molecular weight is 497 g/mol. The third-order valence-corrected chi connectivity index (χ3v) is 7.13. The molecule has 0 aliphatic heterocycles. The number of sulfonamides is 1. The summed E-state index contributed by atoms with van der Waals surface area (Å²) in [7, 11) is -4.38. The van der Waals surface area contributed by atoms with Crippen LogP contribution in [-0.4, -0.2) is 43.8 Å². The zero-order valence-corrected chi connectivity index (χ0v) is 19.8. The number of nitrogens with two attached hydrogens (primary N) is 1. The number of hydrogen-bond acceptors (Lipinski definition) is 6. The largest absolute Gasteiger partial charge is 0.491 e. The van der Waals surface area contributed by atoms with E-state index >= 15 is 0 Å². The average Bonchev–Trinajstić information content (AvgIpc) is 3.26. The van der Waals surface area contributed by atoms with Gasteiger partial charge in [0.1, 0.15) is 19.0 Å². The van der Waals surface area contributed by atoms with Crippen molar-refractivity contribution in [2.75, 3.05) is 17.6 Å². The van der Waals surface area contributed by atoms with E-state index in [0.29, 0.717) is 21.0 Å². The summed E-state index contributed by atoms with van der Waals surface area (Å²) < 4.78 is 46.1. The number of nitrogens with one attached hydrogen (secondary N) is 1. The van der Waals surface area contributed by atoms with Crippen molar-refractivity contribution in [2.45, 2.75) is 24.3 Å². The lowest BCUT2D eigenvalue weighted by Crippen LogP contribution is -2.48. The molecule has 0 spiro atoms. The maximum absolute atomic E-state index is 13.8. The predicted octanol–water partition coefficient (Wildman–Crippen LogP) is 3.51. The van der Waals surface area contributed by atoms with Gasteiger partial charge in [0.05, 0.1) is 16.5 Å². The van der Waals surface area contributed by atoms with Crippen LogP contribution in [0, 0.1) is 6.92 Å². The Morgan fingerprint density at radius 2 is 1.83 bits per heavy atom. The van der Waals surface area contributed by atoms with Gasteiger partial charge in [-0.05, 0) is 49.2 Å². The number of amides is 1. The minimum Gasteiger partial charge on any atom is -0.491 e. The SMILES string of the molecule is Cc1ccc(S(=O)(=O)N(C(=O)[C@@H](N)Cc2ccccc2)c2n[nH]c3ccc(OCCF)cc23)cc1. The number of carbonyl (C=O) groups is 1. The Labute approximate surface area is 202 Å². The second kappa shape index (κ2) is 10.2. The van der Waals surface area contributed by atoms with Crippen LogP contribution in [0.4, 0.5) is 10.2 Å². The molecule has 0 aliphatic rings. The van der Waals surface area contributed by atoms with Gasteiger partial charge in [0.25, 0.3) is 15.9 Å².